The molecule has 0 unspecified atom stereocenters. The maximum atomic E-state index is 12.1. The van der Waals surface area contributed by atoms with Crippen LogP contribution in [0.2, 0.25) is 5.02 Å². The summed E-state index contributed by atoms with van der Waals surface area (Å²) in [6.07, 6.45) is 0.321. The molecule has 0 N–H and O–H groups in total. The van der Waals surface area contributed by atoms with E-state index in [2.05, 4.69) is 4.98 Å². The van der Waals surface area contributed by atoms with Crippen LogP contribution < -0.4 is 0 Å². The van der Waals surface area contributed by atoms with Gasteiger partial charge >= 0.3 is 0 Å². The van der Waals surface area contributed by atoms with Crippen molar-refractivity contribution in [2.75, 3.05) is 0 Å². The van der Waals surface area contributed by atoms with E-state index in [1.54, 1.807) is 6.07 Å². The fourth-order valence-electron chi connectivity index (χ4n) is 1.58. The molecule has 0 aliphatic carbocycles. The molecule has 0 radical (unpaired) electrons. The average molecular weight is 266 g/mol. The number of thiazole rings is 1. The lowest BCUT2D eigenvalue weighted by atomic mass is 10.1. The molecular formula is C13H12ClNOS. The minimum atomic E-state index is 0.0213. The van der Waals surface area contributed by atoms with Gasteiger partial charge in [-0.2, -0.15) is 0 Å². The smallest absolute Gasteiger partial charge is 0.171 e. The number of carbonyl (C=O) groups excluding carboxylic acids is 1. The highest BCUT2D eigenvalue weighted by Gasteiger charge is 2.13. The van der Waals surface area contributed by atoms with Crippen molar-refractivity contribution in [3.8, 4) is 0 Å². The highest BCUT2D eigenvalue weighted by molar-refractivity contribution is 7.09. The van der Waals surface area contributed by atoms with Gasteiger partial charge in [0, 0.05) is 16.6 Å². The van der Waals surface area contributed by atoms with Crippen LogP contribution in [0.25, 0.3) is 0 Å². The minimum Gasteiger partial charge on any atom is -0.294 e. The van der Waals surface area contributed by atoms with E-state index < -0.39 is 0 Å². The second-order valence-electron chi connectivity index (χ2n) is 3.92. The Labute approximate surface area is 109 Å². The molecule has 1 aromatic heterocycles. The zero-order valence-electron chi connectivity index (χ0n) is 9.66. The largest absolute Gasteiger partial charge is 0.294 e. The second-order valence-corrected chi connectivity index (χ2v) is 5.24. The number of aromatic nitrogens is 1. The summed E-state index contributed by atoms with van der Waals surface area (Å²) in [5, 5.41) is 3.33. The fourth-order valence-corrected chi connectivity index (χ4v) is 2.58. The standard InChI is InChI=1S/C13H12ClNOS/c1-8-4-3-5-10(13(8)14)11(16)6-12-15-9(2)7-17-12/h3-5,7H,6H2,1-2H3. The van der Waals surface area contributed by atoms with Gasteiger partial charge in [-0.05, 0) is 25.5 Å². The molecule has 0 spiro atoms. The van der Waals surface area contributed by atoms with Gasteiger partial charge in [-0.3, -0.25) is 4.79 Å². The van der Waals surface area contributed by atoms with Gasteiger partial charge in [0.25, 0.3) is 0 Å². The van der Waals surface area contributed by atoms with Gasteiger partial charge in [0.15, 0.2) is 5.78 Å². The SMILES string of the molecule is Cc1csc(CC(=O)c2cccc(C)c2Cl)n1. The van der Waals surface area contributed by atoms with E-state index in [0.717, 1.165) is 16.3 Å². The first-order chi connectivity index (χ1) is 8.08. The molecule has 88 valence electrons. The molecular weight excluding hydrogens is 254 g/mol. The summed E-state index contributed by atoms with van der Waals surface area (Å²) in [6, 6.07) is 5.51. The molecule has 0 aliphatic heterocycles. The Morgan fingerprint density at radius 1 is 1.41 bits per heavy atom. The molecule has 4 heteroatoms. The van der Waals surface area contributed by atoms with Gasteiger partial charge in [-0.25, -0.2) is 4.98 Å². The summed E-state index contributed by atoms with van der Waals surface area (Å²) in [5.41, 5.74) is 2.46. The molecule has 2 aromatic rings. The number of Topliss-reactive ketones (excluding diaryl/α,β-unsaturated/α-hetero) is 1. The summed E-state index contributed by atoms with van der Waals surface area (Å²) in [6.45, 7) is 3.82. The van der Waals surface area contributed by atoms with Crippen LogP contribution in [0.5, 0.6) is 0 Å². The van der Waals surface area contributed by atoms with E-state index in [4.69, 9.17) is 11.6 Å². The Morgan fingerprint density at radius 3 is 2.82 bits per heavy atom. The average Bonchev–Trinajstić information content (AvgIpc) is 2.68. The quantitative estimate of drug-likeness (QED) is 0.790. The monoisotopic (exact) mass is 265 g/mol. The van der Waals surface area contributed by atoms with Crippen LogP contribution in [-0.4, -0.2) is 10.8 Å². The molecule has 0 saturated carbocycles. The Hall–Kier alpha value is -1.19. The van der Waals surface area contributed by atoms with Crippen LogP contribution in [0.1, 0.15) is 26.6 Å². The summed E-state index contributed by atoms with van der Waals surface area (Å²) in [7, 11) is 0. The topological polar surface area (TPSA) is 30.0 Å². The Balaban J connectivity index is 2.23. The van der Waals surface area contributed by atoms with Crippen molar-refractivity contribution < 1.29 is 4.79 Å². The Kier molecular flexibility index (Phi) is 3.60. The van der Waals surface area contributed by atoms with E-state index in [0.29, 0.717) is 17.0 Å². The highest BCUT2D eigenvalue weighted by atomic mass is 35.5. The van der Waals surface area contributed by atoms with E-state index in [1.165, 1.54) is 11.3 Å². The third-order valence-electron chi connectivity index (χ3n) is 2.47. The van der Waals surface area contributed by atoms with Crippen molar-refractivity contribution in [2.24, 2.45) is 0 Å². The lowest BCUT2D eigenvalue weighted by Gasteiger charge is -2.04. The van der Waals surface area contributed by atoms with Crippen molar-refractivity contribution in [1.82, 2.24) is 4.98 Å². The molecule has 0 fully saturated rings. The van der Waals surface area contributed by atoms with Crippen LogP contribution in [0.15, 0.2) is 23.6 Å². The van der Waals surface area contributed by atoms with E-state index in [-0.39, 0.29) is 5.78 Å². The van der Waals surface area contributed by atoms with Crippen molar-refractivity contribution in [1.29, 1.82) is 0 Å². The molecule has 0 amide bonds. The normalized spacial score (nSPS) is 10.5. The van der Waals surface area contributed by atoms with E-state index in [9.17, 15) is 4.79 Å². The van der Waals surface area contributed by atoms with Gasteiger partial charge < -0.3 is 0 Å². The zero-order valence-corrected chi connectivity index (χ0v) is 11.2. The molecule has 1 heterocycles. The summed E-state index contributed by atoms with van der Waals surface area (Å²) in [4.78, 5) is 16.4. The first kappa shape index (κ1) is 12.3. The minimum absolute atomic E-state index is 0.0213. The van der Waals surface area contributed by atoms with Crippen LogP contribution in [0.4, 0.5) is 0 Å². The van der Waals surface area contributed by atoms with Crippen LogP contribution in [0, 0.1) is 13.8 Å². The van der Waals surface area contributed by atoms with Crippen molar-refractivity contribution in [3.05, 3.63) is 50.4 Å². The van der Waals surface area contributed by atoms with Crippen molar-refractivity contribution in [2.45, 2.75) is 20.3 Å². The summed E-state index contributed by atoms with van der Waals surface area (Å²) < 4.78 is 0. The first-order valence-corrected chi connectivity index (χ1v) is 6.53. The zero-order chi connectivity index (χ0) is 12.4. The second kappa shape index (κ2) is 4.98. The van der Waals surface area contributed by atoms with Crippen LogP contribution in [-0.2, 0) is 6.42 Å². The van der Waals surface area contributed by atoms with E-state index in [1.807, 2.05) is 31.4 Å². The number of rotatable bonds is 3. The lowest BCUT2D eigenvalue weighted by Crippen LogP contribution is -2.04. The number of hydrogen-bond donors (Lipinski definition) is 0. The van der Waals surface area contributed by atoms with E-state index >= 15 is 0 Å². The maximum absolute atomic E-state index is 12.1. The highest BCUT2D eigenvalue weighted by Crippen LogP contribution is 2.22. The fraction of sp³-hybridized carbons (Fsp3) is 0.231. The summed E-state index contributed by atoms with van der Waals surface area (Å²) in [5.74, 6) is 0.0213. The number of halogens is 1. The number of nitrogens with zero attached hydrogens (tertiary/aromatic N) is 1. The Bertz CT molecular complexity index is 562. The van der Waals surface area contributed by atoms with Crippen molar-refractivity contribution >= 4 is 28.7 Å². The maximum Gasteiger partial charge on any atom is 0.171 e. The number of aryl methyl sites for hydroxylation is 2. The first-order valence-electron chi connectivity index (χ1n) is 5.27. The molecule has 0 aliphatic rings. The molecule has 2 nitrogen and oxygen atoms in total. The number of ketones is 1. The molecule has 0 atom stereocenters. The third-order valence-corrected chi connectivity index (χ3v) is 3.94. The van der Waals surface area contributed by atoms with Crippen molar-refractivity contribution in [3.63, 3.8) is 0 Å². The van der Waals surface area contributed by atoms with Gasteiger partial charge in [-0.15, -0.1) is 11.3 Å². The predicted octanol–water partition coefficient (Wildman–Crippen LogP) is 3.84. The third kappa shape index (κ3) is 2.73. The number of benzene rings is 1. The van der Waals surface area contributed by atoms with Crippen LogP contribution >= 0.6 is 22.9 Å². The molecule has 0 bridgehead atoms. The van der Waals surface area contributed by atoms with Gasteiger partial charge in [0.1, 0.15) is 5.01 Å². The predicted molar refractivity (Wildman–Crippen MR) is 71.1 cm³/mol. The number of hydrogen-bond acceptors (Lipinski definition) is 3. The summed E-state index contributed by atoms with van der Waals surface area (Å²) >= 11 is 7.63. The lowest BCUT2D eigenvalue weighted by molar-refractivity contribution is 0.0993. The number of carbonyl (C=O) groups is 1. The molecule has 1 aromatic carbocycles. The van der Waals surface area contributed by atoms with Gasteiger partial charge in [-0.1, -0.05) is 23.7 Å². The molecule has 0 saturated heterocycles. The van der Waals surface area contributed by atoms with Gasteiger partial charge in [0.2, 0.25) is 0 Å². The Morgan fingerprint density at radius 2 is 2.18 bits per heavy atom. The van der Waals surface area contributed by atoms with Gasteiger partial charge in [0.05, 0.1) is 11.4 Å². The van der Waals surface area contributed by atoms with Crippen LogP contribution in [0.3, 0.4) is 0 Å². The molecule has 2 rings (SSSR count). The molecule has 17 heavy (non-hydrogen) atoms.